The first-order valence-electron chi connectivity index (χ1n) is 6.48. The van der Waals surface area contributed by atoms with Gasteiger partial charge in [-0.1, -0.05) is 6.07 Å². The van der Waals surface area contributed by atoms with Crippen molar-refractivity contribution in [1.82, 2.24) is 0 Å². The van der Waals surface area contributed by atoms with E-state index in [0.717, 1.165) is 11.1 Å². The lowest BCUT2D eigenvalue weighted by Gasteiger charge is -2.13. The molecule has 0 radical (unpaired) electrons. The highest BCUT2D eigenvalue weighted by Gasteiger charge is 2.07. The van der Waals surface area contributed by atoms with Crippen molar-refractivity contribution in [2.24, 2.45) is 5.73 Å². The molecule has 0 unspecified atom stereocenters. The maximum atomic E-state index is 13.1. The van der Waals surface area contributed by atoms with Crippen LogP contribution in [0.5, 0.6) is 5.75 Å². The van der Waals surface area contributed by atoms with E-state index < -0.39 is 5.91 Å². The minimum atomic E-state index is -0.446. The number of halogens is 1. The predicted molar refractivity (Wildman–Crippen MR) is 80.0 cm³/mol. The molecule has 0 saturated carbocycles. The molecule has 0 atom stereocenters. The van der Waals surface area contributed by atoms with E-state index in [0.29, 0.717) is 23.5 Å². The van der Waals surface area contributed by atoms with E-state index >= 15 is 0 Å². The van der Waals surface area contributed by atoms with E-state index in [1.165, 1.54) is 19.2 Å². The van der Waals surface area contributed by atoms with E-state index in [1.807, 2.05) is 13.0 Å². The van der Waals surface area contributed by atoms with Gasteiger partial charge in [0.25, 0.3) is 0 Å². The highest BCUT2D eigenvalue weighted by atomic mass is 19.1. The Labute approximate surface area is 122 Å². The molecule has 110 valence electrons. The Kier molecular flexibility index (Phi) is 4.42. The van der Waals surface area contributed by atoms with E-state index in [2.05, 4.69) is 5.32 Å². The number of methoxy groups -OCH3 is 1. The first kappa shape index (κ1) is 14.8. The van der Waals surface area contributed by atoms with Crippen LogP contribution in [0, 0.1) is 12.7 Å². The van der Waals surface area contributed by atoms with Crippen LogP contribution in [0.1, 0.15) is 21.5 Å². The van der Waals surface area contributed by atoms with Crippen LogP contribution in [0.25, 0.3) is 0 Å². The molecule has 0 bridgehead atoms. The van der Waals surface area contributed by atoms with Crippen molar-refractivity contribution < 1.29 is 13.9 Å². The number of anilines is 1. The lowest BCUT2D eigenvalue weighted by molar-refractivity contribution is 0.1000. The number of carbonyl (C=O) groups excluding carboxylic acids is 1. The quantitative estimate of drug-likeness (QED) is 0.889. The molecule has 2 aromatic carbocycles. The SMILES string of the molecule is COc1cc(F)ccc1NCc1ccc(C(N)=O)cc1C. The van der Waals surface area contributed by atoms with E-state index in [9.17, 15) is 9.18 Å². The number of amides is 1. The number of aryl methyl sites for hydroxylation is 1. The molecule has 4 nitrogen and oxygen atoms in total. The van der Waals surface area contributed by atoms with Crippen LogP contribution in [0.2, 0.25) is 0 Å². The fourth-order valence-electron chi connectivity index (χ4n) is 2.05. The number of rotatable bonds is 5. The molecule has 0 aliphatic carbocycles. The van der Waals surface area contributed by atoms with E-state index in [-0.39, 0.29) is 5.82 Å². The van der Waals surface area contributed by atoms with Crippen LogP contribution in [-0.4, -0.2) is 13.0 Å². The van der Waals surface area contributed by atoms with Crippen molar-refractivity contribution in [1.29, 1.82) is 0 Å². The molecule has 0 aliphatic rings. The number of primary amides is 1. The summed E-state index contributed by atoms with van der Waals surface area (Å²) in [4.78, 5) is 11.1. The summed E-state index contributed by atoms with van der Waals surface area (Å²) < 4.78 is 18.3. The number of nitrogens with one attached hydrogen (secondary N) is 1. The Balaban J connectivity index is 2.15. The molecular formula is C16H17FN2O2. The second kappa shape index (κ2) is 6.26. The van der Waals surface area contributed by atoms with Crippen LogP contribution in [0.15, 0.2) is 36.4 Å². The Bertz CT molecular complexity index is 671. The van der Waals surface area contributed by atoms with Gasteiger partial charge < -0.3 is 15.8 Å². The van der Waals surface area contributed by atoms with Crippen LogP contribution >= 0.6 is 0 Å². The largest absolute Gasteiger partial charge is 0.494 e. The topological polar surface area (TPSA) is 64.3 Å². The molecular weight excluding hydrogens is 271 g/mol. The van der Waals surface area contributed by atoms with Crippen LogP contribution in [0.4, 0.5) is 10.1 Å². The molecule has 0 heterocycles. The fourth-order valence-corrected chi connectivity index (χ4v) is 2.05. The number of hydrogen-bond donors (Lipinski definition) is 2. The van der Waals surface area contributed by atoms with E-state index in [1.54, 1.807) is 18.2 Å². The first-order valence-corrected chi connectivity index (χ1v) is 6.48. The van der Waals surface area contributed by atoms with Crippen molar-refractivity contribution in [2.45, 2.75) is 13.5 Å². The average Bonchev–Trinajstić information content (AvgIpc) is 2.46. The minimum Gasteiger partial charge on any atom is -0.494 e. The third-order valence-electron chi connectivity index (χ3n) is 3.26. The smallest absolute Gasteiger partial charge is 0.248 e. The van der Waals surface area contributed by atoms with Gasteiger partial charge in [0.15, 0.2) is 0 Å². The summed E-state index contributed by atoms with van der Waals surface area (Å²) in [5.74, 6) is -0.349. The minimum absolute atomic E-state index is 0.348. The highest BCUT2D eigenvalue weighted by Crippen LogP contribution is 2.25. The zero-order valence-corrected chi connectivity index (χ0v) is 11.9. The summed E-state index contributed by atoms with van der Waals surface area (Å²) >= 11 is 0. The zero-order chi connectivity index (χ0) is 15.4. The number of ether oxygens (including phenoxy) is 1. The molecule has 0 aromatic heterocycles. The molecule has 0 aliphatic heterocycles. The molecule has 21 heavy (non-hydrogen) atoms. The molecule has 0 saturated heterocycles. The van der Waals surface area contributed by atoms with Gasteiger partial charge in [-0.2, -0.15) is 0 Å². The molecule has 2 rings (SSSR count). The summed E-state index contributed by atoms with van der Waals surface area (Å²) in [6.07, 6.45) is 0. The van der Waals surface area contributed by atoms with Gasteiger partial charge in [-0.3, -0.25) is 4.79 Å². The molecule has 1 amide bonds. The summed E-state index contributed by atoms with van der Waals surface area (Å²) in [5.41, 5.74) is 8.41. The molecule has 0 spiro atoms. The lowest BCUT2D eigenvalue weighted by Crippen LogP contribution is -2.12. The molecule has 5 heteroatoms. The van der Waals surface area contributed by atoms with Gasteiger partial charge in [0.2, 0.25) is 5.91 Å². The highest BCUT2D eigenvalue weighted by molar-refractivity contribution is 5.93. The third kappa shape index (κ3) is 3.51. The fraction of sp³-hybridized carbons (Fsp3) is 0.188. The maximum absolute atomic E-state index is 13.1. The first-order chi connectivity index (χ1) is 10.0. The summed E-state index contributed by atoms with van der Waals surface area (Å²) in [6, 6.07) is 9.61. The van der Waals surface area contributed by atoms with Crippen molar-refractivity contribution in [3.8, 4) is 5.75 Å². The molecule has 2 aromatic rings. The number of nitrogens with two attached hydrogens (primary N) is 1. The standard InChI is InChI=1S/C16H17FN2O2/c1-10-7-11(16(18)20)3-4-12(10)9-19-14-6-5-13(17)8-15(14)21-2/h3-8,19H,9H2,1-2H3,(H2,18,20). The van der Waals surface area contributed by atoms with Gasteiger partial charge in [-0.15, -0.1) is 0 Å². The third-order valence-corrected chi connectivity index (χ3v) is 3.26. The second-order valence-electron chi connectivity index (χ2n) is 4.70. The molecule has 0 fully saturated rings. The second-order valence-corrected chi connectivity index (χ2v) is 4.70. The number of hydrogen-bond acceptors (Lipinski definition) is 3. The predicted octanol–water partition coefficient (Wildman–Crippen LogP) is 2.85. The van der Waals surface area contributed by atoms with Crippen LogP contribution in [-0.2, 0) is 6.54 Å². The average molecular weight is 288 g/mol. The summed E-state index contributed by atoms with van der Waals surface area (Å²) in [6.45, 7) is 2.44. The lowest BCUT2D eigenvalue weighted by atomic mass is 10.0. The Morgan fingerprint density at radius 3 is 2.67 bits per heavy atom. The molecule has 3 N–H and O–H groups in total. The van der Waals surface area contributed by atoms with Gasteiger partial charge in [-0.25, -0.2) is 4.39 Å². The number of benzene rings is 2. The van der Waals surface area contributed by atoms with Crippen molar-refractivity contribution >= 4 is 11.6 Å². The van der Waals surface area contributed by atoms with Crippen LogP contribution < -0.4 is 15.8 Å². The van der Waals surface area contributed by atoms with Gasteiger partial charge >= 0.3 is 0 Å². The van der Waals surface area contributed by atoms with E-state index in [4.69, 9.17) is 10.5 Å². The Morgan fingerprint density at radius 1 is 1.29 bits per heavy atom. The monoisotopic (exact) mass is 288 g/mol. The van der Waals surface area contributed by atoms with Crippen molar-refractivity contribution in [2.75, 3.05) is 12.4 Å². The van der Waals surface area contributed by atoms with Gasteiger partial charge in [-0.05, 0) is 42.3 Å². The normalized spacial score (nSPS) is 10.2. The summed E-state index contributed by atoms with van der Waals surface area (Å²) in [5, 5.41) is 3.19. The zero-order valence-electron chi connectivity index (χ0n) is 11.9. The van der Waals surface area contributed by atoms with Gasteiger partial charge in [0.05, 0.1) is 12.8 Å². The number of carbonyl (C=O) groups is 1. The maximum Gasteiger partial charge on any atom is 0.248 e. The van der Waals surface area contributed by atoms with Crippen molar-refractivity contribution in [3.05, 3.63) is 58.9 Å². The Hall–Kier alpha value is -2.56. The Morgan fingerprint density at radius 2 is 2.05 bits per heavy atom. The van der Waals surface area contributed by atoms with Crippen LogP contribution in [0.3, 0.4) is 0 Å². The van der Waals surface area contributed by atoms with Gasteiger partial charge in [0.1, 0.15) is 11.6 Å². The summed E-state index contributed by atoms with van der Waals surface area (Å²) in [7, 11) is 1.49. The van der Waals surface area contributed by atoms with Gasteiger partial charge in [0, 0.05) is 18.2 Å². The van der Waals surface area contributed by atoms with Crippen molar-refractivity contribution in [3.63, 3.8) is 0 Å².